The summed E-state index contributed by atoms with van der Waals surface area (Å²) in [7, 11) is 6.44. The molecule has 0 unspecified atom stereocenters. The summed E-state index contributed by atoms with van der Waals surface area (Å²) in [4.78, 5) is 9.53. The van der Waals surface area contributed by atoms with E-state index in [1.807, 2.05) is 0 Å². The van der Waals surface area contributed by atoms with E-state index in [0.29, 0.717) is 0 Å². The molecule has 2 heterocycles. The molecule has 1 aliphatic heterocycles. The highest BCUT2D eigenvalue weighted by Crippen LogP contribution is 2.31. The number of anilines is 2. The number of likely N-dealkylation sites (N-methyl/N-ethyl adjacent to an activating group) is 2. The Bertz CT molecular complexity index is 985. The van der Waals surface area contributed by atoms with Crippen LogP contribution < -0.4 is 9.80 Å². The van der Waals surface area contributed by atoms with E-state index in [1.54, 1.807) is 0 Å². The lowest BCUT2D eigenvalue weighted by Gasteiger charge is -2.34. The predicted molar refractivity (Wildman–Crippen MR) is 140 cm³/mol. The van der Waals surface area contributed by atoms with Crippen molar-refractivity contribution in [2.45, 2.75) is 13.3 Å². The minimum Gasteiger partial charge on any atom is -0.456 e. The quantitative estimate of drug-likeness (QED) is 0.453. The first kappa shape index (κ1) is 23.4. The highest BCUT2D eigenvalue weighted by Gasteiger charge is 2.15. The Morgan fingerprint density at radius 3 is 1.85 bits per heavy atom. The lowest BCUT2D eigenvalue weighted by Crippen LogP contribution is -2.44. The minimum absolute atomic E-state index is 0.912. The number of furan rings is 1. The van der Waals surface area contributed by atoms with Gasteiger partial charge in [-0.3, -0.25) is 0 Å². The third-order valence-electron chi connectivity index (χ3n) is 6.45. The van der Waals surface area contributed by atoms with Gasteiger partial charge in [0.15, 0.2) is 0 Å². The average molecular weight is 447 g/mol. The fourth-order valence-corrected chi connectivity index (χ4v) is 4.35. The molecule has 1 aliphatic rings. The van der Waals surface area contributed by atoms with Gasteiger partial charge in [0, 0.05) is 68.3 Å². The number of piperazine rings is 1. The van der Waals surface area contributed by atoms with Crippen LogP contribution in [-0.2, 0) is 0 Å². The van der Waals surface area contributed by atoms with E-state index in [9.17, 15) is 0 Å². The summed E-state index contributed by atoms with van der Waals surface area (Å²) in [5.41, 5.74) is 4.80. The monoisotopic (exact) mass is 446 g/mol. The van der Waals surface area contributed by atoms with Crippen LogP contribution in [0.2, 0.25) is 0 Å². The molecular formula is C28H38N4O. The van der Waals surface area contributed by atoms with E-state index in [-0.39, 0.29) is 0 Å². The SMILES string of the molecule is CCCN(CCN(C)C)c1ccc(-c2ccc(-c3ccc(N4CCN(C)CC4)cc3)o2)cc1. The Labute approximate surface area is 199 Å². The Morgan fingerprint density at radius 1 is 0.727 bits per heavy atom. The molecule has 0 saturated carbocycles. The van der Waals surface area contributed by atoms with E-state index < -0.39 is 0 Å². The zero-order valence-electron chi connectivity index (χ0n) is 20.6. The molecule has 1 aromatic heterocycles. The summed E-state index contributed by atoms with van der Waals surface area (Å²) in [6.45, 7) is 9.80. The fraction of sp³-hybridized carbons (Fsp3) is 0.429. The first-order valence-corrected chi connectivity index (χ1v) is 12.2. The Morgan fingerprint density at radius 2 is 1.30 bits per heavy atom. The van der Waals surface area contributed by atoms with Gasteiger partial charge in [0.2, 0.25) is 0 Å². The van der Waals surface area contributed by atoms with Gasteiger partial charge in [-0.05, 0) is 88.2 Å². The average Bonchev–Trinajstić information content (AvgIpc) is 3.33. The molecule has 33 heavy (non-hydrogen) atoms. The molecule has 0 amide bonds. The second-order valence-corrected chi connectivity index (χ2v) is 9.34. The fourth-order valence-electron chi connectivity index (χ4n) is 4.35. The predicted octanol–water partition coefficient (Wildman–Crippen LogP) is 5.14. The summed E-state index contributed by atoms with van der Waals surface area (Å²) < 4.78 is 6.24. The third kappa shape index (κ3) is 5.98. The van der Waals surface area contributed by atoms with Crippen LogP contribution in [0, 0.1) is 0 Å². The van der Waals surface area contributed by atoms with Gasteiger partial charge in [0.1, 0.15) is 11.5 Å². The van der Waals surface area contributed by atoms with Gasteiger partial charge >= 0.3 is 0 Å². The van der Waals surface area contributed by atoms with Crippen LogP contribution in [-0.4, -0.2) is 76.8 Å². The second kappa shape index (κ2) is 10.9. The number of hydrogen-bond acceptors (Lipinski definition) is 5. The molecule has 0 radical (unpaired) electrons. The molecular weight excluding hydrogens is 408 g/mol. The summed E-state index contributed by atoms with van der Waals surface area (Å²) >= 11 is 0. The largest absolute Gasteiger partial charge is 0.456 e. The van der Waals surface area contributed by atoms with Crippen molar-refractivity contribution in [2.24, 2.45) is 0 Å². The maximum absolute atomic E-state index is 6.24. The van der Waals surface area contributed by atoms with Crippen LogP contribution >= 0.6 is 0 Å². The van der Waals surface area contributed by atoms with Gasteiger partial charge < -0.3 is 24.0 Å². The van der Waals surface area contributed by atoms with Crippen molar-refractivity contribution in [1.29, 1.82) is 0 Å². The van der Waals surface area contributed by atoms with E-state index in [4.69, 9.17) is 4.42 Å². The molecule has 0 spiro atoms. The van der Waals surface area contributed by atoms with Gasteiger partial charge in [-0.15, -0.1) is 0 Å². The molecule has 5 nitrogen and oxygen atoms in total. The van der Waals surface area contributed by atoms with Crippen molar-refractivity contribution in [2.75, 3.05) is 76.8 Å². The Kier molecular flexibility index (Phi) is 7.73. The maximum atomic E-state index is 6.24. The Balaban J connectivity index is 1.43. The van der Waals surface area contributed by atoms with Gasteiger partial charge in [-0.2, -0.15) is 0 Å². The van der Waals surface area contributed by atoms with Gasteiger partial charge in [-0.25, -0.2) is 0 Å². The molecule has 1 fully saturated rings. The molecule has 4 rings (SSSR count). The van der Waals surface area contributed by atoms with E-state index >= 15 is 0 Å². The normalized spacial score (nSPS) is 14.8. The standard InChI is InChI=1S/C28H38N4O/c1-5-16-31(20-17-29(2)3)25-10-6-23(7-11-25)27-14-15-28(33-27)24-8-12-26(13-9-24)32-21-18-30(4)19-22-32/h6-15H,5,16-22H2,1-4H3. The molecule has 5 heteroatoms. The second-order valence-electron chi connectivity index (χ2n) is 9.34. The number of hydrogen-bond donors (Lipinski definition) is 0. The number of benzene rings is 2. The van der Waals surface area contributed by atoms with Crippen molar-refractivity contribution in [3.8, 4) is 22.6 Å². The number of rotatable bonds is 9. The summed E-state index contributed by atoms with van der Waals surface area (Å²) in [5, 5.41) is 0. The highest BCUT2D eigenvalue weighted by atomic mass is 16.3. The highest BCUT2D eigenvalue weighted by molar-refractivity contribution is 5.68. The van der Waals surface area contributed by atoms with E-state index in [0.717, 1.165) is 74.9 Å². The molecule has 1 saturated heterocycles. The first-order valence-electron chi connectivity index (χ1n) is 12.2. The van der Waals surface area contributed by atoms with Crippen LogP contribution in [0.25, 0.3) is 22.6 Å². The van der Waals surface area contributed by atoms with Crippen molar-refractivity contribution < 1.29 is 4.42 Å². The van der Waals surface area contributed by atoms with E-state index in [1.165, 1.54) is 11.4 Å². The first-order chi connectivity index (χ1) is 16.0. The topological polar surface area (TPSA) is 26.1 Å². The van der Waals surface area contributed by atoms with Crippen LogP contribution in [0.15, 0.2) is 65.1 Å². The van der Waals surface area contributed by atoms with Crippen molar-refractivity contribution in [3.63, 3.8) is 0 Å². The molecule has 3 aromatic rings. The van der Waals surface area contributed by atoms with Gasteiger partial charge in [-0.1, -0.05) is 6.92 Å². The summed E-state index contributed by atoms with van der Waals surface area (Å²) in [5.74, 6) is 1.83. The summed E-state index contributed by atoms with van der Waals surface area (Å²) in [6, 6.07) is 21.7. The van der Waals surface area contributed by atoms with Crippen LogP contribution in [0.4, 0.5) is 11.4 Å². The Hall–Kier alpha value is -2.76. The minimum atomic E-state index is 0.912. The van der Waals surface area contributed by atoms with Crippen LogP contribution in [0.1, 0.15) is 13.3 Å². The zero-order chi connectivity index (χ0) is 23.2. The maximum Gasteiger partial charge on any atom is 0.134 e. The van der Waals surface area contributed by atoms with Gasteiger partial charge in [0.25, 0.3) is 0 Å². The van der Waals surface area contributed by atoms with Crippen LogP contribution in [0.5, 0.6) is 0 Å². The van der Waals surface area contributed by atoms with E-state index in [2.05, 4.69) is 108 Å². The smallest absolute Gasteiger partial charge is 0.134 e. The van der Waals surface area contributed by atoms with Gasteiger partial charge in [0.05, 0.1) is 0 Å². The lowest BCUT2D eigenvalue weighted by atomic mass is 10.1. The summed E-state index contributed by atoms with van der Waals surface area (Å²) in [6.07, 6.45) is 1.14. The van der Waals surface area contributed by atoms with Crippen molar-refractivity contribution in [1.82, 2.24) is 9.80 Å². The molecule has 0 atom stereocenters. The van der Waals surface area contributed by atoms with Crippen LogP contribution in [0.3, 0.4) is 0 Å². The lowest BCUT2D eigenvalue weighted by molar-refractivity contribution is 0.313. The van der Waals surface area contributed by atoms with Crippen molar-refractivity contribution >= 4 is 11.4 Å². The molecule has 176 valence electrons. The molecule has 0 N–H and O–H groups in total. The van der Waals surface area contributed by atoms with Crippen molar-refractivity contribution in [3.05, 3.63) is 60.7 Å². The molecule has 0 aliphatic carbocycles. The molecule has 0 bridgehead atoms. The molecule has 2 aromatic carbocycles. The third-order valence-corrected chi connectivity index (χ3v) is 6.45. The zero-order valence-corrected chi connectivity index (χ0v) is 20.6. The number of nitrogens with zero attached hydrogens (tertiary/aromatic N) is 4.